The Hall–Kier alpha value is -3.37. The summed E-state index contributed by atoms with van der Waals surface area (Å²) in [6.07, 6.45) is 1.63. The second-order valence-electron chi connectivity index (χ2n) is 6.23. The Balaban J connectivity index is 1.55. The van der Waals surface area contributed by atoms with Crippen molar-refractivity contribution in [2.24, 2.45) is 7.05 Å². The molecule has 0 atom stereocenters. The molecular formula is C18H16N4O5S. The predicted molar refractivity (Wildman–Crippen MR) is 101 cm³/mol. The summed E-state index contributed by atoms with van der Waals surface area (Å²) in [5, 5.41) is 3.24. The summed E-state index contributed by atoms with van der Waals surface area (Å²) < 4.78 is 32.0. The summed E-state index contributed by atoms with van der Waals surface area (Å²) in [5.41, 5.74) is 3.66. The van der Waals surface area contributed by atoms with Gasteiger partial charge in [-0.2, -0.15) is 0 Å². The number of nitrogens with one attached hydrogen (secondary N) is 3. The van der Waals surface area contributed by atoms with Gasteiger partial charge in [-0.1, -0.05) is 18.2 Å². The first-order chi connectivity index (χ1) is 13.3. The summed E-state index contributed by atoms with van der Waals surface area (Å²) in [5.74, 6) is -0.590. The number of para-hydroxylation sites is 1. The number of sulfonamides is 1. The van der Waals surface area contributed by atoms with Crippen LogP contribution in [-0.2, 0) is 21.9 Å². The van der Waals surface area contributed by atoms with E-state index in [-0.39, 0.29) is 23.1 Å². The number of hydrogen-bond donors (Lipinski definition) is 3. The highest BCUT2D eigenvalue weighted by Crippen LogP contribution is 2.30. The standard InChI is InChI=1S/C18H16N4O5S/c1-22-9-13(12-4-2-3-5-15(12)22)18(24)20-21-28(25,26)11-6-7-16-14(8-11)19-17(23)10-27-16/h2-9,21H,10H2,1H3,(H,19,23)(H,20,24). The quantitative estimate of drug-likeness (QED) is 0.568. The molecule has 144 valence electrons. The number of aromatic nitrogens is 1. The van der Waals surface area contributed by atoms with Gasteiger partial charge in [0.2, 0.25) is 0 Å². The topological polar surface area (TPSA) is 119 Å². The van der Waals surface area contributed by atoms with Crippen LogP contribution in [0.25, 0.3) is 10.9 Å². The van der Waals surface area contributed by atoms with E-state index < -0.39 is 15.9 Å². The molecule has 10 heteroatoms. The third-order valence-electron chi connectivity index (χ3n) is 4.33. The number of fused-ring (bicyclic) bond motifs is 2. The van der Waals surface area contributed by atoms with Crippen LogP contribution in [0.1, 0.15) is 10.4 Å². The Labute approximate surface area is 160 Å². The SMILES string of the molecule is Cn1cc(C(=O)NNS(=O)(=O)c2ccc3c(c2)NC(=O)CO3)c2ccccc21. The Bertz CT molecular complexity index is 1220. The number of amides is 2. The Morgan fingerprint density at radius 1 is 1.21 bits per heavy atom. The van der Waals surface area contributed by atoms with Gasteiger partial charge in [0, 0.05) is 24.1 Å². The predicted octanol–water partition coefficient (Wildman–Crippen LogP) is 1.13. The number of aryl methyl sites for hydroxylation is 1. The van der Waals surface area contributed by atoms with Crippen molar-refractivity contribution in [3.05, 3.63) is 54.2 Å². The van der Waals surface area contributed by atoms with Gasteiger partial charge < -0.3 is 14.6 Å². The average Bonchev–Trinajstić information content (AvgIpc) is 3.03. The normalized spacial score (nSPS) is 13.5. The highest BCUT2D eigenvalue weighted by molar-refractivity contribution is 7.89. The molecule has 0 aliphatic carbocycles. The molecule has 0 radical (unpaired) electrons. The van der Waals surface area contributed by atoms with Crippen molar-refractivity contribution in [3.8, 4) is 5.75 Å². The van der Waals surface area contributed by atoms with Crippen molar-refractivity contribution < 1.29 is 22.7 Å². The monoisotopic (exact) mass is 400 g/mol. The van der Waals surface area contributed by atoms with Gasteiger partial charge in [0.15, 0.2) is 6.61 Å². The lowest BCUT2D eigenvalue weighted by Crippen LogP contribution is -2.41. The number of hydrogen-bond acceptors (Lipinski definition) is 5. The van der Waals surface area contributed by atoms with Crippen molar-refractivity contribution in [1.29, 1.82) is 0 Å². The van der Waals surface area contributed by atoms with Crippen LogP contribution < -0.4 is 20.3 Å². The minimum Gasteiger partial charge on any atom is -0.482 e. The van der Waals surface area contributed by atoms with E-state index in [0.717, 1.165) is 5.52 Å². The lowest BCUT2D eigenvalue weighted by Gasteiger charge is -2.18. The number of nitrogens with zero attached hydrogens (tertiary/aromatic N) is 1. The number of carbonyl (C=O) groups excluding carboxylic acids is 2. The van der Waals surface area contributed by atoms with Crippen molar-refractivity contribution >= 4 is 38.4 Å². The molecule has 1 aliphatic heterocycles. The van der Waals surface area contributed by atoms with Gasteiger partial charge in [0.1, 0.15) is 5.75 Å². The van der Waals surface area contributed by atoms with E-state index in [4.69, 9.17) is 4.74 Å². The van der Waals surface area contributed by atoms with Crippen molar-refractivity contribution in [3.63, 3.8) is 0 Å². The fourth-order valence-corrected chi connectivity index (χ4v) is 3.86. The summed E-state index contributed by atoms with van der Waals surface area (Å²) in [7, 11) is -2.26. The van der Waals surface area contributed by atoms with Crippen molar-refractivity contribution in [2.75, 3.05) is 11.9 Å². The van der Waals surface area contributed by atoms with E-state index in [2.05, 4.69) is 15.6 Å². The maximum absolute atomic E-state index is 12.5. The fourth-order valence-electron chi connectivity index (χ4n) is 2.99. The van der Waals surface area contributed by atoms with E-state index in [1.54, 1.807) is 29.9 Å². The number of hydrazine groups is 1. The van der Waals surface area contributed by atoms with Crippen molar-refractivity contribution in [1.82, 2.24) is 14.8 Å². The number of carbonyl (C=O) groups is 2. The van der Waals surface area contributed by atoms with E-state index in [1.165, 1.54) is 18.2 Å². The van der Waals surface area contributed by atoms with Crippen LogP contribution in [0.4, 0.5) is 5.69 Å². The van der Waals surface area contributed by atoms with Crippen molar-refractivity contribution in [2.45, 2.75) is 4.90 Å². The van der Waals surface area contributed by atoms with Crippen LogP contribution in [0, 0.1) is 0 Å². The van der Waals surface area contributed by atoms with Crippen LogP contribution in [0.5, 0.6) is 5.75 Å². The Kier molecular flexibility index (Phi) is 4.28. The lowest BCUT2D eigenvalue weighted by molar-refractivity contribution is -0.118. The highest BCUT2D eigenvalue weighted by Gasteiger charge is 2.22. The zero-order chi connectivity index (χ0) is 19.9. The molecule has 9 nitrogen and oxygen atoms in total. The minimum absolute atomic E-state index is 0.127. The van der Waals surface area contributed by atoms with Gasteiger partial charge in [0.05, 0.1) is 16.1 Å². The molecule has 1 aliphatic rings. The zero-order valence-corrected chi connectivity index (χ0v) is 15.5. The molecule has 4 rings (SSSR count). The summed E-state index contributed by atoms with van der Waals surface area (Å²) in [6.45, 7) is -0.127. The number of benzene rings is 2. The number of anilines is 1. The van der Waals surface area contributed by atoms with Crippen LogP contribution in [0.3, 0.4) is 0 Å². The molecule has 2 heterocycles. The molecule has 0 saturated heterocycles. The molecule has 3 N–H and O–H groups in total. The first kappa shape index (κ1) is 18.0. The smallest absolute Gasteiger partial charge is 0.268 e. The van der Waals surface area contributed by atoms with Crippen LogP contribution in [0.2, 0.25) is 0 Å². The third kappa shape index (κ3) is 3.19. The molecule has 0 fully saturated rings. The largest absolute Gasteiger partial charge is 0.482 e. The molecule has 0 unspecified atom stereocenters. The Morgan fingerprint density at radius 3 is 2.82 bits per heavy atom. The summed E-state index contributed by atoms with van der Waals surface area (Å²) >= 11 is 0. The second kappa shape index (κ2) is 6.66. The second-order valence-corrected chi connectivity index (χ2v) is 7.91. The molecule has 0 saturated carbocycles. The average molecular weight is 400 g/mol. The molecule has 2 amide bonds. The van der Waals surface area contributed by atoms with Crippen LogP contribution >= 0.6 is 0 Å². The van der Waals surface area contributed by atoms with Gasteiger partial charge >= 0.3 is 0 Å². The molecule has 1 aromatic heterocycles. The lowest BCUT2D eigenvalue weighted by atomic mass is 10.2. The molecule has 2 aromatic carbocycles. The van der Waals surface area contributed by atoms with Gasteiger partial charge in [-0.15, -0.1) is 4.83 Å². The number of ether oxygens (including phenoxy) is 1. The van der Waals surface area contributed by atoms with Gasteiger partial charge in [-0.25, -0.2) is 8.42 Å². The van der Waals surface area contributed by atoms with E-state index >= 15 is 0 Å². The molecule has 0 spiro atoms. The van der Waals surface area contributed by atoms with E-state index in [9.17, 15) is 18.0 Å². The van der Waals surface area contributed by atoms with Gasteiger partial charge in [-0.05, 0) is 24.3 Å². The Morgan fingerprint density at radius 2 is 2.00 bits per heavy atom. The highest BCUT2D eigenvalue weighted by atomic mass is 32.2. The molecule has 3 aromatic rings. The molecule has 28 heavy (non-hydrogen) atoms. The van der Waals surface area contributed by atoms with Gasteiger partial charge in [-0.3, -0.25) is 15.0 Å². The van der Waals surface area contributed by atoms with E-state index in [0.29, 0.717) is 16.7 Å². The van der Waals surface area contributed by atoms with Crippen LogP contribution in [0.15, 0.2) is 53.6 Å². The summed E-state index contributed by atoms with van der Waals surface area (Å²) in [6, 6.07) is 11.3. The summed E-state index contributed by atoms with van der Waals surface area (Å²) in [4.78, 5) is 25.9. The first-order valence-electron chi connectivity index (χ1n) is 8.28. The molecule has 0 bridgehead atoms. The maximum atomic E-state index is 12.5. The minimum atomic E-state index is -4.06. The third-order valence-corrected chi connectivity index (χ3v) is 5.58. The number of rotatable bonds is 4. The van der Waals surface area contributed by atoms with Crippen LogP contribution in [-0.4, -0.2) is 31.4 Å². The van der Waals surface area contributed by atoms with Gasteiger partial charge in [0.25, 0.3) is 21.8 Å². The molecular weight excluding hydrogens is 384 g/mol. The maximum Gasteiger partial charge on any atom is 0.268 e. The van der Waals surface area contributed by atoms with E-state index in [1.807, 2.05) is 12.1 Å². The first-order valence-corrected chi connectivity index (χ1v) is 9.76. The fraction of sp³-hybridized carbons (Fsp3) is 0.111. The zero-order valence-electron chi connectivity index (χ0n) is 14.7.